The molecule has 0 spiro atoms. The fraction of sp³-hybridized carbons (Fsp3) is 0.409. The second-order valence-electron chi connectivity index (χ2n) is 7.32. The summed E-state index contributed by atoms with van der Waals surface area (Å²) in [4.78, 5) is 4.79. The van der Waals surface area contributed by atoms with E-state index in [4.69, 9.17) is 32.9 Å². The topological polar surface area (TPSA) is 39.1 Å². The van der Waals surface area contributed by atoms with E-state index < -0.39 is 0 Å². The lowest BCUT2D eigenvalue weighted by molar-refractivity contribution is 0.288. The summed E-state index contributed by atoms with van der Waals surface area (Å²) in [5.74, 6) is 1.54. The molecule has 0 radical (unpaired) electrons. The van der Waals surface area contributed by atoms with Gasteiger partial charge in [0.2, 0.25) is 0 Å². The molecule has 148 valence electrons. The Hall–Kier alpha value is -1.75. The highest BCUT2D eigenvalue weighted by Crippen LogP contribution is 2.28. The highest BCUT2D eigenvalue weighted by Gasteiger charge is 2.15. The van der Waals surface area contributed by atoms with Crippen molar-refractivity contribution in [2.24, 2.45) is 0 Å². The van der Waals surface area contributed by atoms with Gasteiger partial charge >= 0.3 is 0 Å². The summed E-state index contributed by atoms with van der Waals surface area (Å²) in [5.41, 5.74) is 2.15. The molecule has 0 aliphatic carbocycles. The zero-order valence-electron chi connectivity index (χ0n) is 15.8. The van der Waals surface area contributed by atoms with Gasteiger partial charge < -0.3 is 14.6 Å². The van der Waals surface area contributed by atoms with Crippen molar-refractivity contribution < 1.29 is 4.74 Å². The molecular weight excluding hydrogens is 393 g/mol. The zero-order chi connectivity index (χ0) is 19.3. The van der Waals surface area contributed by atoms with Gasteiger partial charge in [0.05, 0.1) is 16.1 Å². The number of benzene rings is 2. The van der Waals surface area contributed by atoms with Crippen LogP contribution in [-0.2, 0) is 13.2 Å². The molecule has 4 rings (SSSR count). The molecule has 0 amide bonds. The van der Waals surface area contributed by atoms with Crippen LogP contribution in [0, 0.1) is 0 Å². The number of fused-ring (bicyclic) bond motifs is 1. The highest BCUT2D eigenvalue weighted by atomic mass is 35.5. The lowest BCUT2D eigenvalue weighted by Gasteiger charge is -2.23. The monoisotopic (exact) mass is 417 g/mol. The summed E-state index contributed by atoms with van der Waals surface area (Å²) in [5, 5.41) is 4.74. The van der Waals surface area contributed by atoms with Crippen molar-refractivity contribution in [3.8, 4) is 5.75 Å². The van der Waals surface area contributed by atoms with Crippen LogP contribution in [0.1, 0.15) is 37.9 Å². The fourth-order valence-corrected chi connectivity index (χ4v) is 4.35. The standard InChI is InChI=1S/C22H25Cl2N3O/c23-16-10-11-21(18(24)14-16)28-15-22-26-19-8-1-2-9-20(19)27(22)13-5-7-17-6-3-4-12-25-17/h1-2,8-11,14,17,25H,3-7,12-13,15H2. The summed E-state index contributed by atoms with van der Waals surface area (Å²) in [7, 11) is 0. The number of hydrogen-bond donors (Lipinski definition) is 1. The van der Waals surface area contributed by atoms with E-state index in [-0.39, 0.29) is 0 Å². The molecule has 0 saturated carbocycles. The summed E-state index contributed by atoms with van der Waals surface area (Å²) in [6.07, 6.45) is 6.24. The average Bonchev–Trinajstić information content (AvgIpc) is 3.06. The Balaban J connectivity index is 1.48. The molecule has 1 aromatic heterocycles. The van der Waals surface area contributed by atoms with Crippen LogP contribution in [0.3, 0.4) is 0 Å². The minimum atomic E-state index is 0.373. The van der Waals surface area contributed by atoms with Gasteiger partial charge in [-0.2, -0.15) is 0 Å². The van der Waals surface area contributed by atoms with Gasteiger partial charge in [-0.3, -0.25) is 0 Å². The number of imidazole rings is 1. The van der Waals surface area contributed by atoms with Crippen LogP contribution in [-0.4, -0.2) is 22.1 Å². The maximum atomic E-state index is 6.24. The molecule has 4 nitrogen and oxygen atoms in total. The first kappa shape index (κ1) is 19.6. The molecule has 1 unspecified atom stereocenters. The first-order valence-corrected chi connectivity index (χ1v) is 10.7. The predicted molar refractivity (Wildman–Crippen MR) is 115 cm³/mol. The van der Waals surface area contributed by atoms with Gasteiger partial charge in [0.1, 0.15) is 18.2 Å². The average molecular weight is 418 g/mol. The largest absolute Gasteiger partial charge is 0.484 e. The highest BCUT2D eigenvalue weighted by molar-refractivity contribution is 6.35. The Labute approximate surface area is 175 Å². The number of ether oxygens (including phenoxy) is 1. The number of aromatic nitrogens is 2. The smallest absolute Gasteiger partial charge is 0.147 e. The van der Waals surface area contributed by atoms with E-state index in [1.807, 2.05) is 12.1 Å². The molecule has 1 aliphatic heterocycles. The number of nitrogens with zero attached hydrogens (tertiary/aromatic N) is 2. The normalized spacial score (nSPS) is 17.1. The van der Waals surface area contributed by atoms with Gasteiger partial charge in [0.15, 0.2) is 0 Å². The summed E-state index contributed by atoms with van der Waals surface area (Å²) in [6.45, 7) is 2.46. The third-order valence-corrected chi connectivity index (χ3v) is 5.86. The maximum absolute atomic E-state index is 6.24. The second kappa shape index (κ2) is 9.17. The number of nitrogens with one attached hydrogen (secondary N) is 1. The van der Waals surface area contributed by atoms with Crippen molar-refractivity contribution >= 4 is 34.2 Å². The first-order valence-electron chi connectivity index (χ1n) is 9.96. The van der Waals surface area contributed by atoms with E-state index in [1.165, 1.54) is 25.7 Å². The summed E-state index contributed by atoms with van der Waals surface area (Å²) in [6, 6.07) is 14.2. The molecule has 3 aromatic rings. The number of hydrogen-bond acceptors (Lipinski definition) is 3. The minimum absolute atomic E-state index is 0.373. The van der Waals surface area contributed by atoms with E-state index in [9.17, 15) is 0 Å². The fourth-order valence-electron chi connectivity index (χ4n) is 3.89. The molecule has 2 heterocycles. The Morgan fingerprint density at radius 3 is 2.86 bits per heavy atom. The lowest BCUT2D eigenvalue weighted by Crippen LogP contribution is -2.34. The van der Waals surface area contributed by atoms with E-state index in [0.29, 0.717) is 28.4 Å². The Bertz CT molecular complexity index is 935. The van der Waals surface area contributed by atoms with Crippen molar-refractivity contribution in [2.45, 2.75) is 51.3 Å². The van der Waals surface area contributed by atoms with E-state index in [0.717, 1.165) is 36.4 Å². The lowest BCUT2D eigenvalue weighted by atomic mass is 10.0. The molecule has 0 bridgehead atoms. The van der Waals surface area contributed by atoms with Gasteiger partial charge in [0.25, 0.3) is 0 Å². The van der Waals surface area contributed by atoms with Crippen molar-refractivity contribution in [1.82, 2.24) is 14.9 Å². The predicted octanol–water partition coefficient (Wildman–Crippen LogP) is 5.84. The van der Waals surface area contributed by atoms with Crippen LogP contribution in [0.25, 0.3) is 11.0 Å². The van der Waals surface area contributed by atoms with Crippen LogP contribution in [0.15, 0.2) is 42.5 Å². The van der Waals surface area contributed by atoms with Crippen molar-refractivity contribution in [1.29, 1.82) is 0 Å². The Morgan fingerprint density at radius 1 is 1.14 bits per heavy atom. The first-order chi connectivity index (χ1) is 13.7. The molecule has 2 aromatic carbocycles. The van der Waals surface area contributed by atoms with E-state index >= 15 is 0 Å². The number of para-hydroxylation sites is 2. The Morgan fingerprint density at radius 2 is 2.04 bits per heavy atom. The molecule has 1 atom stereocenters. The zero-order valence-corrected chi connectivity index (χ0v) is 17.3. The molecule has 1 aliphatic rings. The van der Waals surface area contributed by atoms with Crippen molar-refractivity contribution in [3.05, 3.63) is 58.3 Å². The van der Waals surface area contributed by atoms with Gasteiger partial charge in [-0.25, -0.2) is 4.98 Å². The third-order valence-electron chi connectivity index (χ3n) is 5.33. The van der Waals surface area contributed by atoms with Crippen LogP contribution in [0.4, 0.5) is 0 Å². The SMILES string of the molecule is Clc1ccc(OCc2nc3ccccc3n2CCCC2CCCCN2)c(Cl)c1. The molecule has 1 N–H and O–H groups in total. The summed E-state index contributed by atoms with van der Waals surface area (Å²) >= 11 is 12.2. The van der Waals surface area contributed by atoms with E-state index in [1.54, 1.807) is 18.2 Å². The van der Waals surface area contributed by atoms with Crippen LogP contribution >= 0.6 is 23.2 Å². The van der Waals surface area contributed by atoms with Crippen LogP contribution < -0.4 is 10.1 Å². The quantitative estimate of drug-likeness (QED) is 0.524. The van der Waals surface area contributed by atoms with Gasteiger partial charge in [-0.15, -0.1) is 0 Å². The minimum Gasteiger partial charge on any atom is -0.484 e. The molecule has 1 saturated heterocycles. The van der Waals surface area contributed by atoms with Gasteiger partial charge in [0, 0.05) is 17.6 Å². The Kier molecular flexibility index (Phi) is 6.40. The van der Waals surface area contributed by atoms with Crippen molar-refractivity contribution in [2.75, 3.05) is 6.54 Å². The molecule has 28 heavy (non-hydrogen) atoms. The van der Waals surface area contributed by atoms with Gasteiger partial charge in [-0.05, 0) is 62.6 Å². The number of aryl methyl sites for hydroxylation is 1. The molecule has 6 heteroatoms. The van der Waals surface area contributed by atoms with Gasteiger partial charge in [-0.1, -0.05) is 41.8 Å². The summed E-state index contributed by atoms with van der Waals surface area (Å²) < 4.78 is 8.24. The third kappa shape index (κ3) is 4.62. The maximum Gasteiger partial charge on any atom is 0.147 e. The number of piperidine rings is 1. The van der Waals surface area contributed by atoms with Crippen LogP contribution in [0.2, 0.25) is 10.0 Å². The van der Waals surface area contributed by atoms with Crippen molar-refractivity contribution in [3.63, 3.8) is 0 Å². The van der Waals surface area contributed by atoms with E-state index in [2.05, 4.69) is 22.0 Å². The number of halogens is 2. The molecule has 1 fully saturated rings. The van der Waals surface area contributed by atoms with Crippen LogP contribution in [0.5, 0.6) is 5.75 Å². The molecular formula is C22H25Cl2N3O. The second-order valence-corrected chi connectivity index (χ2v) is 8.16. The number of rotatable bonds is 7.